The first-order valence-electron chi connectivity index (χ1n) is 5.87. The van der Waals surface area contributed by atoms with E-state index in [1.165, 1.54) is 0 Å². The van der Waals surface area contributed by atoms with Gasteiger partial charge in [0.1, 0.15) is 5.69 Å². The van der Waals surface area contributed by atoms with Crippen molar-refractivity contribution in [1.82, 2.24) is 9.47 Å². The molecule has 17 heavy (non-hydrogen) atoms. The number of hydrogen-bond acceptors (Lipinski definition) is 2. The van der Waals surface area contributed by atoms with E-state index in [9.17, 15) is 9.90 Å². The summed E-state index contributed by atoms with van der Waals surface area (Å²) < 4.78 is 1.93. The van der Waals surface area contributed by atoms with Crippen LogP contribution in [-0.4, -0.2) is 39.7 Å². The van der Waals surface area contributed by atoms with E-state index in [-0.39, 0.29) is 11.9 Å². The van der Waals surface area contributed by atoms with E-state index in [2.05, 4.69) is 0 Å². The van der Waals surface area contributed by atoms with Crippen LogP contribution in [0.2, 0.25) is 0 Å². The van der Waals surface area contributed by atoms with Crippen LogP contribution in [0.3, 0.4) is 0 Å². The highest BCUT2D eigenvalue weighted by Gasteiger charge is 2.22. The zero-order chi connectivity index (χ0) is 13.2. The van der Waals surface area contributed by atoms with Crippen molar-refractivity contribution in [2.45, 2.75) is 39.3 Å². The van der Waals surface area contributed by atoms with Crippen molar-refractivity contribution in [1.29, 1.82) is 0 Å². The Morgan fingerprint density at radius 2 is 2.12 bits per heavy atom. The van der Waals surface area contributed by atoms with Crippen LogP contribution in [0.25, 0.3) is 0 Å². The van der Waals surface area contributed by atoms with Crippen molar-refractivity contribution >= 4 is 5.91 Å². The highest BCUT2D eigenvalue weighted by atomic mass is 16.3. The van der Waals surface area contributed by atoms with Crippen molar-refractivity contribution in [3.8, 4) is 0 Å². The number of rotatable bonds is 4. The van der Waals surface area contributed by atoms with Gasteiger partial charge in [-0.3, -0.25) is 4.79 Å². The molecule has 0 radical (unpaired) electrons. The lowest BCUT2D eigenvalue weighted by Gasteiger charge is -2.26. The van der Waals surface area contributed by atoms with Gasteiger partial charge in [0.2, 0.25) is 0 Å². The minimum absolute atomic E-state index is 0.0641. The topological polar surface area (TPSA) is 45.5 Å². The third-order valence-electron chi connectivity index (χ3n) is 2.53. The fourth-order valence-electron chi connectivity index (χ4n) is 1.87. The average Bonchev–Trinajstić information content (AvgIpc) is 2.61. The molecule has 1 N–H and O–H groups in total. The Hall–Kier alpha value is -1.29. The van der Waals surface area contributed by atoms with E-state index in [4.69, 9.17) is 0 Å². The number of carbonyl (C=O) groups excluding carboxylic acids is 1. The zero-order valence-corrected chi connectivity index (χ0v) is 11.3. The molecule has 4 nitrogen and oxygen atoms in total. The van der Waals surface area contributed by atoms with Gasteiger partial charge in [-0.1, -0.05) is 0 Å². The summed E-state index contributed by atoms with van der Waals surface area (Å²) in [4.78, 5) is 13.8. The maximum atomic E-state index is 12.2. The summed E-state index contributed by atoms with van der Waals surface area (Å²) >= 11 is 0. The Morgan fingerprint density at radius 3 is 2.59 bits per heavy atom. The van der Waals surface area contributed by atoms with Gasteiger partial charge in [-0.05, 0) is 39.8 Å². The SMILES string of the molecule is CC(C)n1cccc1C(=O)N(C)CC(C)(C)O. The van der Waals surface area contributed by atoms with Gasteiger partial charge in [0, 0.05) is 25.8 Å². The predicted octanol–water partition coefficient (Wildman–Crippen LogP) is 1.91. The van der Waals surface area contributed by atoms with E-state index >= 15 is 0 Å². The second kappa shape index (κ2) is 4.92. The average molecular weight is 238 g/mol. The number of aliphatic hydroxyl groups is 1. The molecule has 0 bridgehead atoms. The lowest BCUT2D eigenvalue weighted by Crippen LogP contribution is -2.40. The van der Waals surface area contributed by atoms with Crippen molar-refractivity contribution in [3.05, 3.63) is 24.0 Å². The lowest BCUT2D eigenvalue weighted by molar-refractivity contribution is 0.0361. The van der Waals surface area contributed by atoms with Gasteiger partial charge in [-0.25, -0.2) is 0 Å². The zero-order valence-electron chi connectivity index (χ0n) is 11.3. The second-order valence-electron chi connectivity index (χ2n) is 5.37. The molecule has 0 spiro atoms. The maximum Gasteiger partial charge on any atom is 0.270 e. The molecule has 1 aromatic rings. The molecule has 0 saturated heterocycles. The smallest absolute Gasteiger partial charge is 0.270 e. The Balaban J connectivity index is 2.86. The largest absolute Gasteiger partial charge is 0.389 e. The van der Waals surface area contributed by atoms with Gasteiger partial charge >= 0.3 is 0 Å². The fourth-order valence-corrected chi connectivity index (χ4v) is 1.87. The van der Waals surface area contributed by atoms with Gasteiger partial charge in [0.05, 0.1) is 5.60 Å². The van der Waals surface area contributed by atoms with Crippen LogP contribution >= 0.6 is 0 Å². The van der Waals surface area contributed by atoms with E-state index < -0.39 is 5.60 Å². The molecule has 0 unspecified atom stereocenters. The van der Waals surface area contributed by atoms with Gasteiger partial charge in [0.25, 0.3) is 5.91 Å². The molecule has 1 heterocycles. The number of hydrogen-bond donors (Lipinski definition) is 1. The van der Waals surface area contributed by atoms with Crippen LogP contribution in [-0.2, 0) is 0 Å². The highest BCUT2D eigenvalue weighted by Crippen LogP contribution is 2.14. The van der Waals surface area contributed by atoms with E-state index in [0.29, 0.717) is 12.2 Å². The molecule has 0 aromatic carbocycles. The summed E-state index contributed by atoms with van der Waals surface area (Å²) in [5.41, 5.74) is -0.216. The quantitative estimate of drug-likeness (QED) is 0.871. The Morgan fingerprint density at radius 1 is 1.53 bits per heavy atom. The third kappa shape index (κ3) is 3.60. The molecule has 1 aromatic heterocycles. The molecular formula is C13H22N2O2. The van der Waals surface area contributed by atoms with Crippen LogP contribution in [0.1, 0.15) is 44.2 Å². The first-order valence-corrected chi connectivity index (χ1v) is 5.87. The molecule has 0 saturated carbocycles. The van der Waals surface area contributed by atoms with E-state index in [1.54, 1.807) is 25.8 Å². The first-order chi connectivity index (χ1) is 7.72. The summed E-state index contributed by atoms with van der Waals surface area (Å²) in [7, 11) is 1.71. The number of likely N-dealkylation sites (N-methyl/N-ethyl adjacent to an activating group) is 1. The molecule has 96 valence electrons. The van der Waals surface area contributed by atoms with E-state index in [0.717, 1.165) is 0 Å². The van der Waals surface area contributed by atoms with Crippen molar-refractivity contribution in [2.75, 3.05) is 13.6 Å². The molecular weight excluding hydrogens is 216 g/mol. The van der Waals surface area contributed by atoms with Gasteiger partial charge in [-0.2, -0.15) is 0 Å². The monoisotopic (exact) mass is 238 g/mol. The molecule has 0 fully saturated rings. The minimum Gasteiger partial charge on any atom is -0.389 e. The highest BCUT2D eigenvalue weighted by molar-refractivity contribution is 5.92. The first kappa shape index (κ1) is 13.8. The number of nitrogens with zero attached hydrogens (tertiary/aromatic N) is 2. The standard InChI is InChI=1S/C13H22N2O2/c1-10(2)15-8-6-7-11(15)12(16)14(5)9-13(3,4)17/h6-8,10,17H,9H2,1-5H3. The molecule has 1 amide bonds. The fraction of sp³-hybridized carbons (Fsp3) is 0.615. The summed E-state index contributed by atoms with van der Waals surface area (Å²) in [5, 5.41) is 9.71. The summed E-state index contributed by atoms with van der Waals surface area (Å²) in [6, 6.07) is 3.92. The minimum atomic E-state index is -0.875. The molecule has 4 heteroatoms. The van der Waals surface area contributed by atoms with Crippen LogP contribution < -0.4 is 0 Å². The van der Waals surface area contributed by atoms with Crippen molar-refractivity contribution < 1.29 is 9.90 Å². The molecule has 0 aliphatic heterocycles. The summed E-state index contributed by atoms with van der Waals surface area (Å²) in [5.74, 6) is -0.0641. The Kier molecular flexibility index (Phi) is 3.98. The summed E-state index contributed by atoms with van der Waals surface area (Å²) in [6.07, 6.45) is 1.90. The van der Waals surface area contributed by atoms with Crippen molar-refractivity contribution in [3.63, 3.8) is 0 Å². The van der Waals surface area contributed by atoms with Gasteiger partial charge in [-0.15, -0.1) is 0 Å². The van der Waals surface area contributed by atoms with Crippen LogP contribution in [0.15, 0.2) is 18.3 Å². The van der Waals surface area contributed by atoms with Crippen LogP contribution in [0.5, 0.6) is 0 Å². The Bertz CT molecular complexity index is 388. The predicted molar refractivity (Wildman–Crippen MR) is 68.1 cm³/mol. The molecule has 0 aliphatic carbocycles. The summed E-state index contributed by atoms with van der Waals surface area (Å²) in [6.45, 7) is 7.77. The number of carbonyl (C=O) groups is 1. The van der Waals surface area contributed by atoms with Gasteiger partial charge < -0.3 is 14.6 Å². The van der Waals surface area contributed by atoms with Crippen LogP contribution in [0.4, 0.5) is 0 Å². The van der Waals surface area contributed by atoms with Crippen LogP contribution in [0, 0.1) is 0 Å². The van der Waals surface area contributed by atoms with Crippen molar-refractivity contribution in [2.24, 2.45) is 0 Å². The molecule has 0 atom stereocenters. The second-order valence-corrected chi connectivity index (χ2v) is 5.37. The van der Waals surface area contributed by atoms with Gasteiger partial charge in [0.15, 0.2) is 0 Å². The molecule has 0 aliphatic rings. The Labute approximate surface area is 103 Å². The number of amides is 1. The number of aromatic nitrogens is 1. The third-order valence-corrected chi connectivity index (χ3v) is 2.53. The maximum absolute atomic E-state index is 12.2. The lowest BCUT2D eigenvalue weighted by atomic mass is 10.1. The molecule has 1 rings (SSSR count). The van der Waals surface area contributed by atoms with E-state index in [1.807, 2.05) is 36.7 Å². The normalized spacial score (nSPS) is 11.9.